The maximum absolute atomic E-state index is 14.0. The van der Waals surface area contributed by atoms with E-state index in [0.717, 1.165) is 6.42 Å². The van der Waals surface area contributed by atoms with Crippen LogP contribution in [0, 0.1) is 11.7 Å². The quantitative estimate of drug-likeness (QED) is 0.836. The molecule has 2 amide bonds. The lowest BCUT2D eigenvalue weighted by molar-refractivity contribution is -0.132. The van der Waals surface area contributed by atoms with Crippen molar-refractivity contribution in [2.75, 3.05) is 26.2 Å². The first-order valence-corrected chi connectivity index (χ1v) is 9.52. The Balaban J connectivity index is 1.37. The van der Waals surface area contributed by atoms with Gasteiger partial charge in [0.2, 0.25) is 5.91 Å². The van der Waals surface area contributed by atoms with Gasteiger partial charge in [-0.1, -0.05) is 36.4 Å². The minimum absolute atomic E-state index is 0.0102. The van der Waals surface area contributed by atoms with Crippen molar-refractivity contribution in [1.29, 1.82) is 0 Å². The second-order valence-electron chi connectivity index (χ2n) is 7.31. The minimum atomic E-state index is -0.228. The van der Waals surface area contributed by atoms with Crippen LogP contribution in [0.1, 0.15) is 34.7 Å². The summed E-state index contributed by atoms with van der Waals surface area (Å²) in [6.45, 7) is 2.38. The van der Waals surface area contributed by atoms with E-state index in [9.17, 15) is 14.0 Å². The summed E-state index contributed by atoms with van der Waals surface area (Å²) in [6, 6.07) is 16.0. The molecule has 0 aromatic heterocycles. The Morgan fingerprint density at radius 2 is 1.52 bits per heavy atom. The molecule has 4 rings (SSSR count). The summed E-state index contributed by atoms with van der Waals surface area (Å²) in [5.74, 6) is -0.256. The van der Waals surface area contributed by atoms with Gasteiger partial charge < -0.3 is 9.80 Å². The number of hydrogen-bond acceptors (Lipinski definition) is 2. The van der Waals surface area contributed by atoms with Crippen LogP contribution in [0.2, 0.25) is 0 Å². The fraction of sp³-hybridized carbons (Fsp3) is 0.364. The third-order valence-corrected chi connectivity index (χ3v) is 5.53. The van der Waals surface area contributed by atoms with Crippen molar-refractivity contribution >= 4 is 11.8 Å². The average molecular weight is 366 g/mol. The molecule has 1 saturated heterocycles. The Hall–Kier alpha value is -2.69. The third-order valence-electron chi connectivity index (χ3n) is 5.53. The Morgan fingerprint density at radius 1 is 0.852 bits per heavy atom. The number of amides is 2. The van der Waals surface area contributed by atoms with Crippen molar-refractivity contribution < 1.29 is 14.0 Å². The van der Waals surface area contributed by atoms with E-state index in [1.165, 1.54) is 6.07 Å². The van der Waals surface area contributed by atoms with E-state index >= 15 is 0 Å². The lowest BCUT2D eigenvalue weighted by Gasteiger charge is -2.22. The largest absolute Gasteiger partial charge is 0.341 e. The third kappa shape index (κ3) is 3.72. The Kier molecular flexibility index (Phi) is 4.92. The molecule has 1 heterocycles. The highest BCUT2D eigenvalue weighted by Gasteiger charge is 2.46. The van der Waals surface area contributed by atoms with Crippen LogP contribution in [0.5, 0.6) is 0 Å². The van der Waals surface area contributed by atoms with Gasteiger partial charge in [0.1, 0.15) is 5.82 Å². The van der Waals surface area contributed by atoms with Crippen molar-refractivity contribution in [3.05, 3.63) is 71.5 Å². The monoisotopic (exact) mass is 366 g/mol. The number of carbonyl (C=O) groups excluding carboxylic acids is 2. The summed E-state index contributed by atoms with van der Waals surface area (Å²) >= 11 is 0. The smallest absolute Gasteiger partial charge is 0.253 e. The molecule has 0 radical (unpaired) electrons. The number of rotatable bonds is 3. The molecule has 0 bridgehead atoms. The van der Waals surface area contributed by atoms with Gasteiger partial charge >= 0.3 is 0 Å². The topological polar surface area (TPSA) is 40.6 Å². The molecule has 27 heavy (non-hydrogen) atoms. The summed E-state index contributed by atoms with van der Waals surface area (Å²) < 4.78 is 14.0. The van der Waals surface area contributed by atoms with Crippen LogP contribution >= 0.6 is 0 Å². The lowest BCUT2D eigenvalue weighted by Crippen LogP contribution is -2.38. The molecule has 2 atom stereocenters. The number of carbonyl (C=O) groups is 2. The van der Waals surface area contributed by atoms with Gasteiger partial charge in [-0.2, -0.15) is 0 Å². The molecule has 2 aromatic rings. The van der Waals surface area contributed by atoms with E-state index < -0.39 is 0 Å². The number of hydrogen-bond donors (Lipinski definition) is 0. The van der Waals surface area contributed by atoms with Gasteiger partial charge in [-0.05, 0) is 42.5 Å². The van der Waals surface area contributed by atoms with Crippen molar-refractivity contribution in [3.8, 4) is 0 Å². The fourth-order valence-corrected chi connectivity index (χ4v) is 3.93. The zero-order chi connectivity index (χ0) is 18.8. The SMILES string of the molecule is O=C(c1ccccc1)N1CCCN(C(=O)C2CC2c2ccccc2F)CC1. The molecular formula is C22H23FN2O2. The first-order chi connectivity index (χ1) is 13.1. The predicted molar refractivity (Wildman–Crippen MR) is 101 cm³/mol. The zero-order valence-electron chi connectivity index (χ0n) is 15.2. The van der Waals surface area contributed by atoms with Crippen molar-refractivity contribution in [2.24, 2.45) is 5.92 Å². The summed E-state index contributed by atoms with van der Waals surface area (Å²) in [6.07, 6.45) is 1.48. The summed E-state index contributed by atoms with van der Waals surface area (Å²) in [4.78, 5) is 29.2. The van der Waals surface area contributed by atoms with E-state index in [2.05, 4.69) is 0 Å². The normalized spacial score (nSPS) is 22.3. The van der Waals surface area contributed by atoms with Crippen LogP contribution in [-0.2, 0) is 4.79 Å². The van der Waals surface area contributed by atoms with Gasteiger partial charge in [-0.25, -0.2) is 4.39 Å². The average Bonchev–Trinajstić information content (AvgIpc) is 3.51. The summed E-state index contributed by atoms with van der Waals surface area (Å²) in [5, 5.41) is 0. The van der Waals surface area contributed by atoms with Gasteiger partial charge in [0, 0.05) is 37.7 Å². The van der Waals surface area contributed by atoms with E-state index in [1.807, 2.05) is 46.2 Å². The van der Waals surface area contributed by atoms with E-state index in [4.69, 9.17) is 0 Å². The van der Waals surface area contributed by atoms with Gasteiger partial charge in [0.25, 0.3) is 5.91 Å². The molecule has 2 fully saturated rings. The molecular weight excluding hydrogens is 343 g/mol. The molecule has 4 nitrogen and oxygen atoms in total. The summed E-state index contributed by atoms with van der Waals surface area (Å²) in [7, 11) is 0. The molecule has 2 unspecified atom stereocenters. The second-order valence-corrected chi connectivity index (χ2v) is 7.31. The molecule has 0 N–H and O–H groups in total. The highest BCUT2D eigenvalue weighted by molar-refractivity contribution is 5.94. The van der Waals surface area contributed by atoms with Gasteiger partial charge in [-0.3, -0.25) is 9.59 Å². The predicted octanol–water partition coefficient (Wildman–Crippen LogP) is 3.30. The first kappa shape index (κ1) is 17.7. The molecule has 5 heteroatoms. The molecule has 1 aliphatic heterocycles. The van der Waals surface area contributed by atoms with Crippen molar-refractivity contribution in [3.63, 3.8) is 0 Å². The first-order valence-electron chi connectivity index (χ1n) is 9.52. The van der Waals surface area contributed by atoms with Crippen molar-refractivity contribution in [1.82, 2.24) is 9.80 Å². The van der Waals surface area contributed by atoms with Gasteiger partial charge in [0.15, 0.2) is 0 Å². The van der Waals surface area contributed by atoms with Crippen LogP contribution < -0.4 is 0 Å². The van der Waals surface area contributed by atoms with E-state index in [0.29, 0.717) is 43.7 Å². The maximum atomic E-state index is 14.0. The lowest BCUT2D eigenvalue weighted by atomic mass is 10.1. The Labute approximate surface area is 158 Å². The maximum Gasteiger partial charge on any atom is 0.253 e. The van der Waals surface area contributed by atoms with Crippen LogP contribution in [0.4, 0.5) is 4.39 Å². The molecule has 1 aliphatic carbocycles. The number of nitrogens with zero attached hydrogens (tertiary/aromatic N) is 2. The highest BCUT2D eigenvalue weighted by Crippen LogP contribution is 2.49. The van der Waals surface area contributed by atoms with Gasteiger partial charge in [0.05, 0.1) is 0 Å². The molecule has 0 spiro atoms. The molecule has 2 aromatic carbocycles. The number of halogens is 1. The van der Waals surface area contributed by atoms with Crippen LogP contribution in [-0.4, -0.2) is 47.8 Å². The minimum Gasteiger partial charge on any atom is -0.341 e. The molecule has 140 valence electrons. The Bertz CT molecular complexity index is 839. The van der Waals surface area contributed by atoms with Crippen LogP contribution in [0.25, 0.3) is 0 Å². The summed E-state index contributed by atoms with van der Waals surface area (Å²) in [5.41, 5.74) is 1.32. The van der Waals surface area contributed by atoms with E-state index in [-0.39, 0.29) is 29.5 Å². The Morgan fingerprint density at radius 3 is 2.30 bits per heavy atom. The highest BCUT2D eigenvalue weighted by atomic mass is 19.1. The van der Waals surface area contributed by atoms with Crippen molar-refractivity contribution in [2.45, 2.75) is 18.8 Å². The van der Waals surface area contributed by atoms with Gasteiger partial charge in [-0.15, -0.1) is 0 Å². The van der Waals surface area contributed by atoms with Crippen LogP contribution in [0.15, 0.2) is 54.6 Å². The number of benzene rings is 2. The van der Waals surface area contributed by atoms with Crippen LogP contribution in [0.3, 0.4) is 0 Å². The zero-order valence-corrected chi connectivity index (χ0v) is 15.2. The van der Waals surface area contributed by atoms with E-state index in [1.54, 1.807) is 12.1 Å². The molecule has 1 saturated carbocycles. The second kappa shape index (κ2) is 7.51. The fourth-order valence-electron chi connectivity index (χ4n) is 3.93. The standard InChI is InChI=1S/C22H23FN2O2/c23-20-10-5-4-9-17(20)18-15-19(18)22(27)25-12-6-11-24(13-14-25)21(26)16-7-2-1-3-8-16/h1-5,7-10,18-19H,6,11-15H2. The molecule has 2 aliphatic rings.